The Morgan fingerprint density at radius 2 is 1.90 bits per heavy atom. The highest BCUT2D eigenvalue weighted by Crippen LogP contribution is 2.40. The number of ketones is 1. The van der Waals surface area contributed by atoms with Gasteiger partial charge in [-0.25, -0.2) is 0 Å². The summed E-state index contributed by atoms with van der Waals surface area (Å²) in [6.45, 7) is 0.969. The third kappa shape index (κ3) is 3.30. The molecule has 7 heteroatoms. The number of Topliss-reactive ketones (excluding diaryl/α,β-unsaturated/α-hetero) is 1. The molecule has 0 unspecified atom stereocenters. The molecule has 7 nitrogen and oxygen atoms in total. The molecule has 1 atom stereocenters. The van der Waals surface area contributed by atoms with Crippen LogP contribution in [-0.2, 0) is 9.59 Å². The number of likely N-dealkylation sites (tertiary alicyclic amines) is 1. The summed E-state index contributed by atoms with van der Waals surface area (Å²) in [5.41, 5.74) is 2.19. The second kappa shape index (κ2) is 7.52. The number of pyridine rings is 1. The lowest BCUT2D eigenvalue weighted by Gasteiger charge is -2.26. The molecule has 1 fully saturated rings. The topological polar surface area (TPSA) is 89.5 Å². The smallest absolute Gasteiger partial charge is 0.295 e. The molecule has 1 saturated heterocycles. The van der Waals surface area contributed by atoms with Crippen molar-refractivity contribution >= 4 is 28.4 Å². The van der Waals surface area contributed by atoms with E-state index in [4.69, 9.17) is 0 Å². The number of aromatic amines is 1. The van der Waals surface area contributed by atoms with E-state index in [1.54, 1.807) is 30.7 Å². The van der Waals surface area contributed by atoms with Gasteiger partial charge in [0.05, 0.1) is 11.6 Å². The van der Waals surface area contributed by atoms with Crippen LogP contribution in [-0.4, -0.2) is 63.7 Å². The quantitative estimate of drug-likeness (QED) is 0.397. The van der Waals surface area contributed by atoms with E-state index in [0.717, 1.165) is 16.5 Å². The normalized spacial score (nSPS) is 18.9. The van der Waals surface area contributed by atoms with Crippen molar-refractivity contribution in [1.82, 2.24) is 19.8 Å². The van der Waals surface area contributed by atoms with Crippen molar-refractivity contribution in [2.45, 2.75) is 6.04 Å². The molecule has 1 amide bonds. The van der Waals surface area contributed by atoms with Crippen LogP contribution in [0.4, 0.5) is 0 Å². The molecule has 0 aliphatic carbocycles. The Morgan fingerprint density at radius 3 is 2.62 bits per heavy atom. The van der Waals surface area contributed by atoms with Crippen molar-refractivity contribution in [3.8, 4) is 0 Å². The Kier molecular flexibility index (Phi) is 4.90. The number of amides is 1. The molecule has 3 aromatic rings. The van der Waals surface area contributed by atoms with Gasteiger partial charge < -0.3 is 19.9 Å². The van der Waals surface area contributed by atoms with Crippen molar-refractivity contribution in [2.24, 2.45) is 0 Å². The molecular weight excluding hydrogens is 368 g/mol. The summed E-state index contributed by atoms with van der Waals surface area (Å²) >= 11 is 0. The van der Waals surface area contributed by atoms with Gasteiger partial charge in [-0.2, -0.15) is 0 Å². The lowest BCUT2D eigenvalue weighted by molar-refractivity contribution is -0.140. The molecule has 0 radical (unpaired) electrons. The van der Waals surface area contributed by atoms with Gasteiger partial charge >= 0.3 is 0 Å². The average molecular weight is 390 g/mol. The van der Waals surface area contributed by atoms with Crippen LogP contribution in [0.2, 0.25) is 0 Å². The van der Waals surface area contributed by atoms with Crippen molar-refractivity contribution in [3.05, 3.63) is 71.7 Å². The summed E-state index contributed by atoms with van der Waals surface area (Å²) in [6.07, 6.45) is 4.90. The van der Waals surface area contributed by atoms with E-state index in [9.17, 15) is 14.7 Å². The number of likely N-dealkylation sites (N-methyl/N-ethyl adjacent to an activating group) is 1. The van der Waals surface area contributed by atoms with Gasteiger partial charge in [-0.3, -0.25) is 14.6 Å². The Morgan fingerprint density at radius 1 is 1.17 bits per heavy atom. The van der Waals surface area contributed by atoms with E-state index in [0.29, 0.717) is 18.7 Å². The molecule has 2 aromatic heterocycles. The predicted octanol–water partition coefficient (Wildman–Crippen LogP) is 2.55. The molecule has 2 N–H and O–H groups in total. The maximum Gasteiger partial charge on any atom is 0.295 e. The lowest BCUT2D eigenvalue weighted by Crippen LogP contribution is -2.35. The number of fused-ring (bicyclic) bond motifs is 1. The zero-order valence-corrected chi connectivity index (χ0v) is 16.3. The first-order valence-corrected chi connectivity index (χ1v) is 9.38. The van der Waals surface area contributed by atoms with Gasteiger partial charge in [0.2, 0.25) is 0 Å². The molecule has 0 bridgehead atoms. The monoisotopic (exact) mass is 390 g/mol. The third-order valence-electron chi connectivity index (χ3n) is 5.19. The van der Waals surface area contributed by atoms with Crippen molar-refractivity contribution in [2.75, 3.05) is 27.2 Å². The van der Waals surface area contributed by atoms with Gasteiger partial charge in [-0.15, -0.1) is 0 Å². The summed E-state index contributed by atoms with van der Waals surface area (Å²) in [6, 6.07) is 10.4. The van der Waals surface area contributed by atoms with E-state index in [-0.39, 0.29) is 11.3 Å². The first-order chi connectivity index (χ1) is 14.0. The second-order valence-corrected chi connectivity index (χ2v) is 7.32. The van der Waals surface area contributed by atoms with E-state index < -0.39 is 17.7 Å². The highest BCUT2D eigenvalue weighted by molar-refractivity contribution is 6.46. The summed E-state index contributed by atoms with van der Waals surface area (Å²) in [5.74, 6) is -1.45. The molecule has 1 aromatic carbocycles. The molecule has 1 aliphatic heterocycles. The Hall–Kier alpha value is -3.45. The van der Waals surface area contributed by atoms with Crippen molar-refractivity contribution in [3.63, 3.8) is 0 Å². The van der Waals surface area contributed by atoms with Gasteiger partial charge in [0.25, 0.3) is 11.7 Å². The molecule has 0 saturated carbocycles. The van der Waals surface area contributed by atoms with Crippen LogP contribution in [0, 0.1) is 0 Å². The standard InChI is InChI=1S/C22H22N4O3/c1-25(2)11-12-26-19(14-7-9-23-10-8-14)18(21(28)22(26)29)20(27)16-13-24-17-6-4-3-5-15(16)17/h3-10,13,19,24,27H,11-12H2,1-2H3/t19-/m0/s1. The van der Waals surface area contributed by atoms with E-state index in [1.165, 1.54) is 4.90 Å². The maximum atomic E-state index is 13.0. The largest absolute Gasteiger partial charge is 0.507 e. The highest BCUT2D eigenvalue weighted by atomic mass is 16.3. The number of para-hydroxylation sites is 1. The van der Waals surface area contributed by atoms with Crippen molar-refractivity contribution in [1.29, 1.82) is 0 Å². The van der Waals surface area contributed by atoms with Crippen LogP contribution < -0.4 is 0 Å². The number of aromatic nitrogens is 2. The summed E-state index contributed by atoms with van der Waals surface area (Å²) in [7, 11) is 3.81. The Labute approximate surface area is 168 Å². The van der Waals surface area contributed by atoms with Crippen molar-refractivity contribution < 1.29 is 14.7 Å². The molecule has 4 rings (SSSR count). The van der Waals surface area contributed by atoms with Gasteiger partial charge in [-0.1, -0.05) is 18.2 Å². The number of nitrogens with one attached hydrogen (secondary N) is 1. The first-order valence-electron chi connectivity index (χ1n) is 9.38. The zero-order valence-electron chi connectivity index (χ0n) is 16.3. The van der Waals surface area contributed by atoms with Crippen LogP contribution in [0.5, 0.6) is 0 Å². The Bertz CT molecular complexity index is 1100. The molecule has 29 heavy (non-hydrogen) atoms. The zero-order chi connectivity index (χ0) is 20.5. The van der Waals surface area contributed by atoms with Gasteiger partial charge in [0.15, 0.2) is 0 Å². The molecular formula is C22H22N4O3. The fraction of sp³-hybridized carbons (Fsp3) is 0.227. The maximum absolute atomic E-state index is 13.0. The number of carbonyl (C=O) groups is 2. The summed E-state index contributed by atoms with van der Waals surface area (Å²) in [5, 5.41) is 11.9. The van der Waals surface area contributed by atoms with Gasteiger partial charge in [0.1, 0.15) is 5.76 Å². The van der Waals surface area contributed by atoms with Crippen LogP contribution in [0.1, 0.15) is 17.2 Å². The number of H-pyrrole nitrogens is 1. The number of rotatable bonds is 5. The van der Waals surface area contributed by atoms with Crippen LogP contribution in [0.15, 0.2) is 60.6 Å². The number of aliphatic hydroxyl groups excluding tert-OH is 1. The van der Waals surface area contributed by atoms with Gasteiger partial charge in [-0.05, 0) is 37.9 Å². The third-order valence-corrected chi connectivity index (χ3v) is 5.19. The van der Waals surface area contributed by atoms with E-state index >= 15 is 0 Å². The molecule has 0 spiro atoms. The first kappa shape index (κ1) is 18.9. The number of benzene rings is 1. The molecule has 1 aliphatic rings. The second-order valence-electron chi connectivity index (χ2n) is 7.32. The van der Waals surface area contributed by atoms with Crippen LogP contribution >= 0.6 is 0 Å². The SMILES string of the molecule is CN(C)CCN1C(=O)C(=O)C(=C(O)c2c[nH]c3ccccc23)[C@@H]1c1ccncc1. The minimum Gasteiger partial charge on any atom is -0.507 e. The van der Waals surface area contributed by atoms with Gasteiger partial charge in [0, 0.05) is 48.1 Å². The minimum atomic E-state index is -0.673. The minimum absolute atomic E-state index is 0.102. The van der Waals surface area contributed by atoms with E-state index in [2.05, 4.69) is 9.97 Å². The number of hydrogen-bond acceptors (Lipinski definition) is 5. The lowest BCUT2D eigenvalue weighted by atomic mass is 9.96. The summed E-state index contributed by atoms with van der Waals surface area (Å²) < 4.78 is 0. The van der Waals surface area contributed by atoms with Crippen LogP contribution in [0.3, 0.4) is 0 Å². The average Bonchev–Trinajstić information content (AvgIpc) is 3.26. The molecule has 148 valence electrons. The Balaban J connectivity index is 1.88. The fourth-order valence-electron chi connectivity index (χ4n) is 3.72. The number of nitrogens with zero attached hydrogens (tertiary/aromatic N) is 3. The number of hydrogen-bond donors (Lipinski definition) is 2. The fourth-order valence-corrected chi connectivity index (χ4v) is 3.72. The molecule has 3 heterocycles. The summed E-state index contributed by atoms with van der Waals surface area (Å²) in [4.78, 5) is 36.4. The number of carbonyl (C=O) groups excluding carboxylic acids is 2. The predicted molar refractivity (Wildman–Crippen MR) is 110 cm³/mol. The number of aliphatic hydroxyl groups is 1. The highest BCUT2D eigenvalue weighted by Gasteiger charge is 2.46. The van der Waals surface area contributed by atoms with E-state index in [1.807, 2.05) is 43.3 Å². The van der Waals surface area contributed by atoms with Crippen LogP contribution in [0.25, 0.3) is 16.7 Å².